The van der Waals surface area contributed by atoms with Gasteiger partial charge in [0.15, 0.2) is 0 Å². The van der Waals surface area contributed by atoms with Crippen LogP contribution in [-0.4, -0.2) is 25.3 Å². The van der Waals surface area contributed by atoms with Crippen LogP contribution < -0.4 is 5.32 Å². The first kappa shape index (κ1) is 15.5. The molecule has 3 nitrogen and oxygen atoms in total. The molecular weight excluding hydrogens is 224 g/mol. The zero-order valence-corrected chi connectivity index (χ0v) is 12.0. The van der Waals surface area contributed by atoms with Crippen molar-refractivity contribution in [1.82, 2.24) is 5.32 Å². The number of hydrogen-bond acceptors (Lipinski definition) is 3. The van der Waals surface area contributed by atoms with Crippen LogP contribution in [-0.2, 0) is 4.74 Å². The fourth-order valence-corrected chi connectivity index (χ4v) is 2.46. The summed E-state index contributed by atoms with van der Waals surface area (Å²) < 4.78 is 5.76. The lowest BCUT2D eigenvalue weighted by Crippen LogP contribution is -2.42. The molecule has 1 aliphatic carbocycles. The highest BCUT2D eigenvalue weighted by atomic mass is 16.5. The van der Waals surface area contributed by atoms with Gasteiger partial charge in [-0.2, -0.15) is 5.26 Å². The Morgan fingerprint density at radius 3 is 2.67 bits per heavy atom. The first-order chi connectivity index (χ1) is 8.70. The maximum Gasteiger partial charge on any atom is 0.106 e. The molecule has 0 aromatic heterocycles. The van der Waals surface area contributed by atoms with Gasteiger partial charge < -0.3 is 4.74 Å². The largest absolute Gasteiger partial charge is 0.381 e. The van der Waals surface area contributed by atoms with Crippen LogP contribution in [0.2, 0.25) is 0 Å². The molecule has 0 heterocycles. The van der Waals surface area contributed by atoms with E-state index in [0.717, 1.165) is 31.9 Å². The zero-order chi connectivity index (χ0) is 13.3. The number of ether oxygens (including phenoxy) is 1. The van der Waals surface area contributed by atoms with Gasteiger partial charge in [0.25, 0.3) is 0 Å². The lowest BCUT2D eigenvalue weighted by Gasteiger charge is -2.25. The molecule has 1 unspecified atom stereocenters. The van der Waals surface area contributed by atoms with E-state index in [4.69, 9.17) is 4.74 Å². The average Bonchev–Trinajstić information content (AvgIpc) is 2.43. The third-order valence-electron chi connectivity index (χ3n) is 3.84. The van der Waals surface area contributed by atoms with Gasteiger partial charge in [-0.15, -0.1) is 0 Å². The van der Waals surface area contributed by atoms with Crippen LogP contribution in [0.1, 0.15) is 58.8 Å². The normalized spacial score (nSPS) is 20.3. The maximum atomic E-state index is 9.19. The van der Waals surface area contributed by atoms with Crippen LogP contribution in [0, 0.1) is 17.2 Å². The predicted molar refractivity (Wildman–Crippen MR) is 74.3 cm³/mol. The topological polar surface area (TPSA) is 45.0 Å². The smallest absolute Gasteiger partial charge is 0.106 e. The summed E-state index contributed by atoms with van der Waals surface area (Å²) in [5.41, 5.74) is -0.428. The summed E-state index contributed by atoms with van der Waals surface area (Å²) in [6, 6.07) is 2.36. The Morgan fingerprint density at radius 2 is 2.06 bits per heavy atom. The highest BCUT2D eigenvalue weighted by Gasteiger charge is 2.22. The quantitative estimate of drug-likeness (QED) is 0.674. The Kier molecular flexibility index (Phi) is 7.31. The van der Waals surface area contributed by atoms with Crippen molar-refractivity contribution >= 4 is 0 Å². The molecule has 1 atom stereocenters. The second-order valence-electron chi connectivity index (χ2n) is 5.70. The van der Waals surface area contributed by atoms with Gasteiger partial charge in [0.05, 0.1) is 6.07 Å². The number of nitriles is 1. The molecule has 1 saturated carbocycles. The monoisotopic (exact) mass is 252 g/mol. The molecule has 1 aliphatic rings. The Morgan fingerprint density at radius 1 is 1.33 bits per heavy atom. The molecule has 0 bridgehead atoms. The van der Waals surface area contributed by atoms with Crippen molar-refractivity contribution < 1.29 is 4.74 Å². The van der Waals surface area contributed by atoms with Gasteiger partial charge in [-0.25, -0.2) is 0 Å². The molecule has 0 aromatic carbocycles. The van der Waals surface area contributed by atoms with Gasteiger partial charge in [0, 0.05) is 19.6 Å². The molecule has 0 aromatic rings. The van der Waals surface area contributed by atoms with E-state index in [9.17, 15) is 5.26 Å². The Balaban J connectivity index is 2.13. The summed E-state index contributed by atoms with van der Waals surface area (Å²) >= 11 is 0. The van der Waals surface area contributed by atoms with E-state index >= 15 is 0 Å². The van der Waals surface area contributed by atoms with Crippen molar-refractivity contribution in [1.29, 1.82) is 5.26 Å². The molecule has 1 fully saturated rings. The minimum absolute atomic E-state index is 0.428. The third kappa shape index (κ3) is 5.84. The highest BCUT2D eigenvalue weighted by molar-refractivity contribution is 5.03. The molecule has 1 rings (SSSR count). The molecule has 1 N–H and O–H groups in total. The minimum atomic E-state index is -0.428. The zero-order valence-electron chi connectivity index (χ0n) is 12.0. The average molecular weight is 252 g/mol. The van der Waals surface area contributed by atoms with E-state index < -0.39 is 5.54 Å². The van der Waals surface area contributed by atoms with Gasteiger partial charge in [0.2, 0.25) is 0 Å². The van der Waals surface area contributed by atoms with E-state index in [0.29, 0.717) is 6.61 Å². The maximum absolute atomic E-state index is 9.19. The lowest BCUT2D eigenvalue weighted by atomic mass is 9.90. The molecule has 3 heteroatoms. The Hall–Kier alpha value is -0.590. The summed E-state index contributed by atoms with van der Waals surface area (Å²) in [4.78, 5) is 0. The van der Waals surface area contributed by atoms with Crippen molar-refractivity contribution in [3.63, 3.8) is 0 Å². The van der Waals surface area contributed by atoms with E-state index in [1.807, 2.05) is 6.92 Å². The van der Waals surface area contributed by atoms with Crippen LogP contribution >= 0.6 is 0 Å². The molecule has 104 valence electrons. The van der Waals surface area contributed by atoms with Crippen LogP contribution in [0.25, 0.3) is 0 Å². The number of nitrogens with zero attached hydrogens (tertiary/aromatic N) is 1. The van der Waals surface area contributed by atoms with Gasteiger partial charge in [0.1, 0.15) is 5.54 Å². The summed E-state index contributed by atoms with van der Waals surface area (Å²) in [5, 5.41) is 12.5. The molecule has 18 heavy (non-hydrogen) atoms. The summed E-state index contributed by atoms with van der Waals surface area (Å²) in [5.74, 6) is 0.760. The predicted octanol–water partition coefficient (Wildman–Crippen LogP) is 3.26. The van der Waals surface area contributed by atoms with E-state index in [2.05, 4.69) is 18.3 Å². The number of rotatable bonds is 8. The summed E-state index contributed by atoms with van der Waals surface area (Å²) in [6.07, 6.45) is 8.59. The molecule has 0 amide bonds. The second-order valence-corrected chi connectivity index (χ2v) is 5.70. The van der Waals surface area contributed by atoms with Gasteiger partial charge in [-0.1, -0.05) is 26.2 Å². The summed E-state index contributed by atoms with van der Waals surface area (Å²) in [7, 11) is 0. The van der Waals surface area contributed by atoms with Gasteiger partial charge >= 0.3 is 0 Å². The summed E-state index contributed by atoms with van der Waals surface area (Å²) in [6.45, 7) is 6.55. The third-order valence-corrected chi connectivity index (χ3v) is 3.84. The van der Waals surface area contributed by atoms with Crippen LogP contribution in [0.15, 0.2) is 0 Å². The fraction of sp³-hybridized carbons (Fsp3) is 0.933. The van der Waals surface area contributed by atoms with E-state index in [-0.39, 0.29) is 0 Å². The molecule has 0 saturated heterocycles. The molecular formula is C15H28N2O. The first-order valence-electron chi connectivity index (χ1n) is 7.44. The number of hydrogen-bond donors (Lipinski definition) is 1. The van der Waals surface area contributed by atoms with Gasteiger partial charge in [-0.05, 0) is 38.6 Å². The Bertz CT molecular complexity index is 256. The van der Waals surface area contributed by atoms with E-state index in [1.54, 1.807) is 0 Å². The fourth-order valence-electron chi connectivity index (χ4n) is 2.46. The van der Waals surface area contributed by atoms with Crippen LogP contribution in [0.5, 0.6) is 0 Å². The molecule has 0 radical (unpaired) electrons. The van der Waals surface area contributed by atoms with Gasteiger partial charge in [-0.3, -0.25) is 5.32 Å². The lowest BCUT2D eigenvalue weighted by molar-refractivity contribution is 0.0750. The Labute approximate surface area is 112 Å². The number of nitrogens with one attached hydrogen (secondary N) is 1. The standard InChI is InChI=1S/C15H28N2O/c1-3-10-17-15(2,13-16)9-11-18-12-14-7-5-4-6-8-14/h14,17H,3-12H2,1-2H3. The van der Waals surface area contributed by atoms with Crippen molar-refractivity contribution in [3.05, 3.63) is 0 Å². The SMILES string of the molecule is CCCNC(C)(C#N)CCOCC1CCCCC1. The molecule has 0 spiro atoms. The van der Waals surface area contributed by atoms with Crippen molar-refractivity contribution in [2.45, 2.75) is 64.3 Å². The highest BCUT2D eigenvalue weighted by Crippen LogP contribution is 2.23. The minimum Gasteiger partial charge on any atom is -0.381 e. The van der Waals surface area contributed by atoms with Crippen LogP contribution in [0.4, 0.5) is 0 Å². The van der Waals surface area contributed by atoms with Crippen molar-refractivity contribution in [2.24, 2.45) is 5.92 Å². The van der Waals surface area contributed by atoms with Crippen LogP contribution in [0.3, 0.4) is 0 Å². The molecule has 0 aliphatic heterocycles. The van der Waals surface area contributed by atoms with Crippen molar-refractivity contribution in [2.75, 3.05) is 19.8 Å². The second kappa shape index (κ2) is 8.50. The first-order valence-corrected chi connectivity index (χ1v) is 7.44. The van der Waals surface area contributed by atoms with Crippen molar-refractivity contribution in [3.8, 4) is 6.07 Å². The van der Waals surface area contributed by atoms with E-state index in [1.165, 1.54) is 32.1 Å².